The third-order valence-electron chi connectivity index (χ3n) is 5.37. The van der Waals surface area contributed by atoms with Gasteiger partial charge >= 0.3 is 0 Å². The van der Waals surface area contributed by atoms with Crippen molar-refractivity contribution in [2.24, 2.45) is 0 Å². The molecule has 4 rings (SSSR count). The predicted octanol–water partition coefficient (Wildman–Crippen LogP) is 2.60. The monoisotopic (exact) mass is 448 g/mol. The number of hydrogen-bond acceptors (Lipinski definition) is 6. The molecule has 1 aliphatic rings. The van der Waals surface area contributed by atoms with Gasteiger partial charge in [-0.2, -0.15) is 0 Å². The number of nitrogens with one attached hydrogen (secondary N) is 2. The van der Waals surface area contributed by atoms with Crippen molar-refractivity contribution in [3.05, 3.63) is 42.4 Å². The molecule has 0 bridgehead atoms. The van der Waals surface area contributed by atoms with Crippen molar-refractivity contribution in [1.82, 2.24) is 19.7 Å². The van der Waals surface area contributed by atoms with Crippen LogP contribution in [-0.2, 0) is 19.9 Å². The molecule has 0 saturated carbocycles. The van der Waals surface area contributed by atoms with E-state index in [-0.39, 0.29) is 35.3 Å². The average molecular weight is 449 g/mol. The highest BCUT2D eigenvalue weighted by Gasteiger charge is 2.27. The van der Waals surface area contributed by atoms with Crippen LogP contribution in [0.4, 0.5) is 0 Å². The largest absolute Gasteiger partial charge is 0.343 e. The summed E-state index contributed by atoms with van der Waals surface area (Å²) in [6.07, 6.45) is 3.60. The first-order chi connectivity index (χ1) is 14.1. The Hall–Kier alpha value is -2.30. The maximum Gasteiger partial charge on any atom is 0.242 e. The number of rotatable bonds is 5. The Labute approximate surface area is 176 Å². The Morgan fingerprint density at radius 2 is 1.87 bits per heavy atom. The van der Waals surface area contributed by atoms with Gasteiger partial charge in [0.1, 0.15) is 20.4 Å². The number of sulfone groups is 1. The van der Waals surface area contributed by atoms with E-state index >= 15 is 0 Å². The summed E-state index contributed by atoms with van der Waals surface area (Å²) in [6.45, 7) is 4.19. The normalized spacial score (nSPS) is 17.6. The van der Waals surface area contributed by atoms with Gasteiger partial charge < -0.3 is 4.98 Å². The van der Waals surface area contributed by atoms with Gasteiger partial charge in [0.2, 0.25) is 10.0 Å². The molecule has 4 heterocycles. The quantitative estimate of drug-likeness (QED) is 0.619. The topological polar surface area (TPSA) is 122 Å². The predicted molar refractivity (Wildman–Crippen MR) is 115 cm³/mol. The zero-order valence-electron chi connectivity index (χ0n) is 16.8. The van der Waals surface area contributed by atoms with Gasteiger partial charge in [-0.25, -0.2) is 26.5 Å². The lowest BCUT2D eigenvalue weighted by Gasteiger charge is -2.22. The minimum atomic E-state index is -3.77. The molecular formula is C20H24N4O4S2. The molecule has 0 unspecified atom stereocenters. The summed E-state index contributed by atoms with van der Waals surface area (Å²) in [5.41, 5.74) is 3.36. The van der Waals surface area contributed by atoms with Crippen LogP contribution in [0.3, 0.4) is 0 Å². The van der Waals surface area contributed by atoms with E-state index in [1.54, 1.807) is 12.3 Å². The Balaban J connectivity index is 1.58. The van der Waals surface area contributed by atoms with Crippen molar-refractivity contribution in [2.75, 3.05) is 11.5 Å². The van der Waals surface area contributed by atoms with E-state index in [1.807, 2.05) is 12.1 Å². The lowest BCUT2D eigenvalue weighted by molar-refractivity contribution is 0.505. The Bertz CT molecular complexity index is 1270. The molecule has 0 amide bonds. The van der Waals surface area contributed by atoms with Gasteiger partial charge in [-0.1, -0.05) is 13.8 Å². The summed E-state index contributed by atoms with van der Waals surface area (Å²) in [7, 11) is -6.82. The molecule has 30 heavy (non-hydrogen) atoms. The summed E-state index contributed by atoms with van der Waals surface area (Å²) in [5, 5.41) is 0.936. The number of pyridine rings is 2. The van der Waals surface area contributed by atoms with Crippen molar-refractivity contribution in [1.29, 1.82) is 0 Å². The van der Waals surface area contributed by atoms with Crippen LogP contribution in [0.5, 0.6) is 0 Å². The van der Waals surface area contributed by atoms with E-state index in [1.165, 1.54) is 12.3 Å². The molecule has 0 spiro atoms. The van der Waals surface area contributed by atoms with E-state index < -0.39 is 19.9 Å². The molecule has 3 aromatic heterocycles. The summed E-state index contributed by atoms with van der Waals surface area (Å²) in [4.78, 5) is 12.1. The molecule has 3 aromatic rings. The van der Waals surface area contributed by atoms with Gasteiger partial charge in [0, 0.05) is 35.1 Å². The Kier molecular flexibility index (Phi) is 5.41. The lowest BCUT2D eigenvalue weighted by Crippen LogP contribution is -2.40. The van der Waals surface area contributed by atoms with Gasteiger partial charge in [0.15, 0.2) is 0 Å². The molecule has 0 radical (unpaired) electrons. The van der Waals surface area contributed by atoms with Gasteiger partial charge in [-0.3, -0.25) is 4.98 Å². The van der Waals surface area contributed by atoms with Gasteiger partial charge in [0.05, 0.1) is 17.2 Å². The zero-order chi connectivity index (χ0) is 21.5. The number of aromatic amines is 1. The second-order valence-electron chi connectivity index (χ2n) is 7.93. The van der Waals surface area contributed by atoms with Crippen LogP contribution in [0.25, 0.3) is 22.3 Å². The number of nitrogens with zero attached hydrogens (tertiary/aromatic N) is 2. The number of H-pyrrole nitrogens is 1. The van der Waals surface area contributed by atoms with Crippen LogP contribution in [0.15, 0.2) is 41.6 Å². The first-order valence-corrected chi connectivity index (χ1v) is 13.1. The van der Waals surface area contributed by atoms with E-state index in [4.69, 9.17) is 0 Å². The van der Waals surface area contributed by atoms with Crippen LogP contribution in [0.2, 0.25) is 0 Å². The minimum Gasteiger partial charge on any atom is -0.343 e. The third-order valence-corrected chi connectivity index (χ3v) is 8.59. The summed E-state index contributed by atoms with van der Waals surface area (Å²) in [5.74, 6) is 0.336. The van der Waals surface area contributed by atoms with Crippen LogP contribution in [-0.4, -0.2) is 49.3 Å². The molecule has 0 aromatic carbocycles. The van der Waals surface area contributed by atoms with Crippen LogP contribution in [0.1, 0.15) is 38.3 Å². The van der Waals surface area contributed by atoms with E-state index in [0.717, 1.165) is 22.3 Å². The molecular weight excluding hydrogens is 424 g/mol. The molecule has 0 aliphatic carbocycles. The zero-order valence-corrected chi connectivity index (χ0v) is 18.4. The highest BCUT2D eigenvalue weighted by Crippen LogP contribution is 2.29. The molecule has 1 saturated heterocycles. The highest BCUT2D eigenvalue weighted by atomic mass is 32.2. The first-order valence-electron chi connectivity index (χ1n) is 9.81. The molecule has 10 heteroatoms. The fourth-order valence-corrected chi connectivity index (χ4v) is 6.32. The third kappa shape index (κ3) is 4.26. The number of sulfonamides is 1. The van der Waals surface area contributed by atoms with Crippen molar-refractivity contribution >= 4 is 30.9 Å². The van der Waals surface area contributed by atoms with Crippen LogP contribution >= 0.6 is 0 Å². The van der Waals surface area contributed by atoms with Crippen LogP contribution < -0.4 is 4.72 Å². The SMILES string of the molecule is CC(C)c1cc2c(-c3ccc(S(=O)(=O)NC4CCS(=O)(=O)CC4)cn3)ccnc2[nH]1. The second-order valence-corrected chi connectivity index (χ2v) is 11.9. The molecule has 0 atom stereocenters. The van der Waals surface area contributed by atoms with Crippen molar-refractivity contribution in [3.8, 4) is 11.3 Å². The standard InChI is InChI=1S/C20H24N4O4S2/c1-13(2)19-11-17-16(5-8-21-20(17)23-19)18-4-3-15(12-22-18)30(27,28)24-14-6-9-29(25,26)10-7-14/h3-5,8,11-14,24H,6-7,9-10H2,1-2H3,(H,21,23). The van der Waals surface area contributed by atoms with E-state index in [2.05, 4.69) is 33.5 Å². The molecule has 1 fully saturated rings. The summed E-state index contributed by atoms with van der Waals surface area (Å²) >= 11 is 0. The number of fused-ring (bicyclic) bond motifs is 1. The Morgan fingerprint density at radius 1 is 1.13 bits per heavy atom. The summed E-state index contributed by atoms with van der Waals surface area (Å²) in [6, 6.07) is 6.72. The molecule has 1 aliphatic heterocycles. The van der Waals surface area contributed by atoms with Gasteiger partial charge in [0.25, 0.3) is 0 Å². The van der Waals surface area contributed by atoms with Gasteiger partial charge in [-0.15, -0.1) is 0 Å². The fraction of sp³-hybridized carbons (Fsp3) is 0.400. The van der Waals surface area contributed by atoms with Crippen LogP contribution in [0, 0.1) is 0 Å². The number of aromatic nitrogens is 3. The minimum absolute atomic E-state index is 0.00441. The summed E-state index contributed by atoms with van der Waals surface area (Å²) < 4.78 is 51.1. The lowest BCUT2D eigenvalue weighted by atomic mass is 10.1. The van der Waals surface area contributed by atoms with E-state index in [0.29, 0.717) is 11.6 Å². The van der Waals surface area contributed by atoms with Gasteiger partial charge in [-0.05, 0) is 43.0 Å². The maximum atomic E-state index is 12.7. The van der Waals surface area contributed by atoms with Crippen molar-refractivity contribution in [3.63, 3.8) is 0 Å². The number of hydrogen-bond donors (Lipinski definition) is 2. The van der Waals surface area contributed by atoms with Crippen molar-refractivity contribution < 1.29 is 16.8 Å². The Morgan fingerprint density at radius 3 is 2.50 bits per heavy atom. The first kappa shape index (κ1) is 21.0. The average Bonchev–Trinajstić information content (AvgIpc) is 3.14. The molecule has 160 valence electrons. The fourth-order valence-electron chi connectivity index (χ4n) is 3.58. The maximum absolute atomic E-state index is 12.7. The van der Waals surface area contributed by atoms with E-state index in [9.17, 15) is 16.8 Å². The molecule has 8 nitrogen and oxygen atoms in total. The smallest absolute Gasteiger partial charge is 0.242 e. The highest BCUT2D eigenvalue weighted by molar-refractivity contribution is 7.91. The van der Waals surface area contributed by atoms with Crippen molar-refractivity contribution in [2.45, 2.75) is 43.5 Å². The molecule has 2 N–H and O–H groups in total. The second kappa shape index (κ2) is 7.75.